The number of ketones is 1. The summed E-state index contributed by atoms with van der Waals surface area (Å²) >= 11 is 0. The molecule has 0 N–H and O–H groups in total. The second-order valence-corrected chi connectivity index (χ2v) is 4.36. The molecule has 1 aliphatic rings. The summed E-state index contributed by atoms with van der Waals surface area (Å²) in [6.07, 6.45) is 0.983. The molecule has 0 saturated carbocycles. The molecule has 1 aromatic rings. The van der Waals surface area contributed by atoms with Gasteiger partial charge in [0.2, 0.25) is 0 Å². The number of hydrogen-bond acceptors (Lipinski definition) is 4. The molecule has 0 heterocycles. The number of rotatable bonds is 7. The molecule has 0 spiro atoms. The van der Waals surface area contributed by atoms with E-state index in [9.17, 15) is 4.79 Å². The number of ether oxygens (including phenoxy) is 3. The van der Waals surface area contributed by atoms with Crippen LogP contribution in [-0.2, 0) is 15.9 Å². The Bertz CT molecular complexity index is 436. The lowest BCUT2D eigenvalue weighted by molar-refractivity contribution is -0.152. The Morgan fingerprint density at radius 1 is 1.16 bits per heavy atom. The Morgan fingerprint density at radius 3 is 2.58 bits per heavy atom. The highest BCUT2D eigenvalue weighted by Gasteiger charge is 2.23. The first kappa shape index (κ1) is 14.0. The lowest BCUT2D eigenvalue weighted by atomic mass is 10.1. The first-order chi connectivity index (χ1) is 9.26. The number of carbonyl (C=O) groups is 1. The second kappa shape index (κ2) is 6.68. The summed E-state index contributed by atoms with van der Waals surface area (Å²) in [6, 6.07) is 5.61. The predicted molar refractivity (Wildman–Crippen MR) is 71.6 cm³/mol. The number of hydrogen-bond donors (Lipinski definition) is 0. The number of benzene rings is 1. The minimum atomic E-state index is -0.358. The van der Waals surface area contributed by atoms with Gasteiger partial charge in [0, 0.05) is 30.8 Å². The van der Waals surface area contributed by atoms with Crippen molar-refractivity contribution in [2.45, 2.75) is 33.0 Å². The highest BCUT2D eigenvalue weighted by Crippen LogP contribution is 2.30. The molecular weight excluding hydrogens is 244 g/mol. The molecule has 0 radical (unpaired) electrons. The minimum Gasteiger partial charge on any atom is -0.488 e. The van der Waals surface area contributed by atoms with Crippen LogP contribution >= 0.6 is 0 Å². The van der Waals surface area contributed by atoms with Crippen molar-refractivity contribution >= 4 is 5.78 Å². The zero-order valence-corrected chi connectivity index (χ0v) is 11.5. The third kappa shape index (κ3) is 3.33. The Morgan fingerprint density at radius 2 is 1.89 bits per heavy atom. The molecule has 4 nitrogen and oxygen atoms in total. The predicted octanol–water partition coefficient (Wildman–Crippen LogP) is 2.59. The van der Waals surface area contributed by atoms with Gasteiger partial charge < -0.3 is 14.2 Å². The molecule has 104 valence electrons. The summed E-state index contributed by atoms with van der Waals surface area (Å²) in [4.78, 5) is 11.7. The van der Waals surface area contributed by atoms with Crippen molar-refractivity contribution in [2.24, 2.45) is 0 Å². The molecule has 2 rings (SSSR count). The van der Waals surface area contributed by atoms with Crippen LogP contribution in [0.2, 0.25) is 0 Å². The van der Waals surface area contributed by atoms with Crippen molar-refractivity contribution in [2.75, 3.05) is 19.8 Å². The Labute approximate surface area is 113 Å². The van der Waals surface area contributed by atoms with E-state index in [1.54, 1.807) is 0 Å². The smallest absolute Gasteiger partial charge is 0.191 e. The van der Waals surface area contributed by atoms with Crippen LogP contribution in [0.1, 0.15) is 36.2 Å². The molecule has 0 atom stereocenters. The fourth-order valence-electron chi connectivity index (χ4n) is 2.27. The van der Waals surface area contributed by atoms with E-state index in [2.05, 4.69) is 0 Å². The fraction of sp³-hybridized carbons (Fsp3) is 0.533. The van der Waals surface area contributed by atoms with E-state index in [0.29, 0.717) is 26.2 Å². The van der Waals surface area contributed by atoms with Gasteiger partial charge in [0.25, 0.3) is 0 Å². The molecule has 1 aromatic carbocycles. The van der Waals surface area contributed by atoms with Gasteiger partial charge in [-0.3, -0.25) is 4.79 Å². The summed E-state index contributed by atoms with van der Waals surface area (Å²) < 4.78 is 16.6. The number of fused-ring (bicyclic) bond motifs is 1. The van der Waals surface area contributed by atoms with Gasteiger partial charge in [-0.2, -0.15) is 0 Å². The summed E-state index contributed by atoms with van der Waals surface area (Å²) in [5.41, 5.74) is 1.81. The van der Waals surface area contributed by atoms with E-state index in [1.165, 1.54) is 0 Å². The quantitative estimate of drug-likeness (QED) is 0.710. The van der Waals surface area contributed by atoms with E-state index in [-0.39, 0.29) is 12.1 Å². The topological polar surface area (TPSA) is 44.8 Å². The maximum absolute atomic E-state index is 11.7. The average Bonchev–Trinajstić information content (AvgIpc) is 2.79. The van der Waals surface area contributed by atoms with E-state index < -0.39 is 0 Å². The summed E-state index contributed by atoms with van der Waals surface area (Å²) in [7, 11) is 0. The van der Waals surface area contributed by atoms with Crippen LogP contribution in [-0.4, -0.2) is 31.9 Å². The Hall–Kier alpha value is -1.39. The monoisotopic (exact) mass is 264 g/mol. The van der Waals surface area contributed by atoms with Gasteiger partial charge in [-0.1, -0.05) is 12.1 Å². The van der Waals surface area contributed by atoms with Crippen LogP contribution in [0.15, 0.2) is 18.2 Å². The Balaban J connectivity index is 2.02. The molecule has 4 heteroatoms. The van der Waals surface area contributed by atoms with Gasteiger partial charge in [-0.15, -0.1) is 0 Å². The Kier molecular flexibility index (Phi) is 4.93. The van der Waals surface area contributed by atoms with Crippen LogP contribution in [0.3, 0.4) is 0 Å². The van der Waals surface area contributed by atoms with Gasteiger partial charge in [0.05, 0.1) is 0 Å². The third-order valence-corrected chi connectivity index (χ3v) is 3.12. The lowest BCUT2D eigenvalue weighted by Crippen LogP contribution is -2.25. The average molecular weight is 264 g/mol. The molecule has 0 fully saturated rings. The van der Waals surface area contributed by atoms with E-state index in [4.69, 9.17) is 14.2 Å². The summed E-state index contributed by atoms with van der Waals surface area (Å²) in [5, 5.41) is 0. The van der Waals surface area contributed by atoms with Crippen molar-refractivity contribution in [1.82, 2.24) is 0 Å². The minimum absolute atomic E-state index is 0.201. The van der Waals surface area contributed by atoms with Gasteiger partial charge in [0.1, 0.15) is 12.4 Å². The first-order valence-corrected chi connectivity index (χ1v) is 6.77. The lowest BCUT2D eigenvalue weighted by Gasteiger charge is -2.18. The van der Waals surface area contributed by atoms with Crippen LogP contribution in [0.4, 0.5) is 0 Å². The molecule has 0 bridgehead atoms. The number of Topliss-reactive ketones (excluding diaryl/α,β-unsaturated/α-hetero) is 1. The van der Waals surface area contributed by atoms with Gasteiger partial charge in [-0.25, -0.2) is 0 Å². The largest absolute Gasteiger partial charge is 0.488 e. The highest BCUT2D eigenvalue weighted by atomic mass is 16.7. The van der Waals surface area contributed by atoms with Crippen LogP contribution < -0.4 is 4.74 Å². The first-order valence-electron chi connectivity index (χ1n) is 6.77. The molecule has 0 saturated heterocycles. The van der Waals surface area contributed by atoms with Gasteiger partial charge in [0.15, 0.2) is 12.1 Å². The van der Waals surface area contributed by atoms with Crippen LogP contribution in [0.5, 0.6) is 5.75 Å². The fourth-order valence-corrected chi connectivity index (χ4v) is 2.27. The van der Waals surface area contributed by atoms with Crippen molar-refractivity contribution in [3.05, 3.63) is 29.3 Å². The molecule has 19 heavy (non-hydrogen) atoms. The molecule has 0 amide bonds. The normalized spacial score (nSPS) is 13.9. The maximum Gasteiger partial charge on any atom is 0.191 e. The molecule has 0 aliphatic heterocycles. The zero-order valence-electron chi connectivity index (χ0n) is 11.5. The molecule has 1 aliphatic carbocycles. The van der Waals surface area contributed by atoms with Crippen molar-refractivity contribution in [3.8, 4) is 5.75 Å². The van der Waals surface area contributed by atoms with Gasteiger partial charge >= 0.3 is 0 Å². The third-order valence-electron chi connectivity index (χ3n) is 3.12. The molecular formula is C15H20O4. The van der Waals surface area contributed by atoms with E-state index in [1.807, 2.05) is 32.0 Å². The highest BCUT2D eigenvalue weighted by molar-refractivity contribution is 6.01. The SMILES string of the molecule is CCOC(COc1cccc2c1CCC2=O)OCC. The van der Waals surface area contributed by atoms with Crippen molar-refractivity contribution in [3.63, 3.8) is 0 Å². The van der Waals surface area contributed by atoms with Crippen molar-refractivity contribution < 1.29 is 19.0 Å². The molecule has 0 unspecified atom stereocenters. The molecule has 0 aromatic heterocycles. The van der Waals surface area contributed by atoms with Gasteiger partial charge in [-0.05, 0) is 26.3 Å². The zero-order chi connectivity index (χ0) is 13.7. The van der Waals surface area contributed by atoms with E-state index >= 15 is 0 Å². The van der Waals surface area contributed by atoms with Crippen molar-refractivity contribution in [1.29, 1.82) is 0 Å². The maximum atomic E-state index is 11.7. The van der Waals surface area contributed by atoms with E-state index in [0.717, 1.165) is 23.3 Å². The summed E-state index contributed by atoms with van der Waals surface area (Å²) in [6.45, 7) is 5.35. The summed E-state index contributed by atoms with van der Waals surface area (Å²) in [5.74, 6) is 0.972. The number of carbonyl (C=O) groups excluding carboxylic acids is 1. The second-order valence-electron chi connectivity index (χ2n) is 4.36. The van der Waals surface area contributed by atoms with Crippen LogP contribution in [0, 0.1) is 0 Å². The standard InChI is InChI=1S/C15H20O4/c1-3-17-15(18-4-2)10-19-14-7-5-6-11-12(14)8-9-13(11)16/h5-7,15H,3-4,8-10H2,1-2H3. The van der Waals surface area contributed by atoms with Crippen LogP contribution in [0.25, 0.3) is 0 Å².